The third kappa shape index (κ3) is 3.42. The van der Waals surface area contributed by atoms with Crippen molar-refractivity contribution in [1.82, 2.24) is 0 Å². The Hall–Kier alpha value is -1.75. The molecule has 1 saturated carbocycles. The summed E-state index contributed by atoms with van der Waals surface area (Å²) in [4.78, 5) is 12.2. The molecule has 1 amide bonds. The Kier molecular flexibility index (Phi) is 4.84. The standard InChI is InChI=1S/C15H21NO4/c1-19-13-8-5-11(9-14(13)20-2)16-15(18)10-3-6-12(17)7-4-10/h5,8-10,12,17H,3-4,6-7H2,1-2H3,(H,16,18). The molecule has 2 rings (SSSR count). The highest BCUT2D eigenvalue weighted by atomic mass is 16.5. The average Bonchev–Trinajstić information content (AvgIpc) is 2.47. The van der Waals surface area contributed by atoms with Gasteiger partial charge in [0.1, 0.15) is 0 Å². The first kappa shape index (κ1) is 14.7. The van der Waals surface area contributed by atoms with Crippen LogP contribution in [0.2, 0.25) is 0 Å². The predicted octanol–water partition coefficient (Wildman–Crippen LogP) is 2.19. The molecular weight excluding hydrogens is 258 g/mol. The SMILES string of the molecule is COc1ccc(NC(=O)C2CCC(O)CC2)cc1OC. The summed E-state index contributed by atoms with van der Waals surface area (Å²) in [5, 5.41) is 12.4. The van der Waals surface area contributed by atoms with Gasteiger partial charge in [0.25, 0.3) is 0 Å². The molecular formula is C15H21NO4. The highest BCUT2D eigenvalue weighted by Gasteiger charge is 2.25. The van der Waals surface area contributed by atoms with Gasteiger partial charge in [-0.15, -0.1) is 0 Å². The molecule has 0 aromatic heterocycles. The Labute approximate surface area is 118 Å². The minimum absolute atomic E-state index is 0.00381. The maximum Gasteiger partial charge on any atom is 0.227 e. The van der Waals surface area contributed by atoms with Gasteiger partial charge in [0.15, 0.2) is 11.5 Å². The fourth-order valence-corrected chi connectivity index (χ4v) is 2.50. The second kappa shape index (κ2) is 6.61. The molecule has 5 heteroatoms. The molecule has 110 valence electrons. The van der Waals surface area contributed by atoms with E-state index < -0.39 is 0 Å². The van der Waals surface area contributed by atoms with Gasteiger partial charge in [0.2, 0.25) is 5.91 Å². The molecule has 1 aromatic rings. The van der Waals surface area contributed by atoms with Crippen LogP contribution in [0.15, 0.2) is 18.2 Å². The average molecular weight is 279 g/mol. The van der Waals surface area contributed by atoms with Crippen molar-refractivity contribution >= 4 is 11.6 Å². The maximum atomic E-state index is 12.2. The summed E-state index contributed by atoms with van der Waals surface area (Å²) in [6.45, 7) is 0. The lowest BCUT2D eigenvalue weighted by molar-refractivity contribution is -0.121. The van der Waals surface area contributed by atoms with Crippen molar-refractivity contribution in [1.29, 1.82) is 0 Å². The number of carbonyl (C=O) groups excluding carboxylic acids is 1. The molecule has 1 aliphatic rings. The van der Waals surface area contributed by atoms with Crippen LogP contribution in [0.5, 0.6) is 11.5 Å². The lowest BCUT2D eigenvalue weighted by atomic mass is 9.87. The number of aliphatic hydroxyl groups excluding tert-OH is 1. The normalized spacial score (nSPS) is 22.1. The van der Waals surface area contributed by atoms with Crippen LogP contribution in [0.3, 0.4) is 0 Å². The molecule has 20 heavy (non-hydrogen) atoms. The van der Waals surface area contributed by atoms with E-state index >= 15 is 0 Å². The van der Waals surface area contributed by atoms with Crippen LogP contribution in [0.1, 0.15) is 25.7 Å². The third-order valence-electron chi connectivity index (χ3n) is 3.72. The quantitative estimate of drug-likeness (QED) is 0.886. The maximum absolute atomic E-state index is 12.2. The van der Waals surface area contributed by atoms with Gasteiger partial charge in [0.05, 0.1) is 20.3 Å². The largest absolute Gasteiger partial charge is 0.493 e. The van der Waals surface area contributed by atoms with Crippen LogP contribution in [0, 0.1) is 5.92 Å². The molecule has 0 radical (unpaired) electrons. The van der Waals surface area contributed by atoms with E-state index in [1.165, 1.54) is 0 Å². The molecule has 1 aromatic carbocycles. The van der Waals surface area contributed by atoms with E-state index in [0.29, 0.717) is 30.0 Å². The highest BCUT2D eigenvalue weighted by Crippen LogP contribution is 2.31. The Morgan fingerprint density at radius 2 is 1.80 bits per heavy atom. The zero-order chi connectivity index (χ0) is 14.5. The first-order chi connectivity index (χ1) is 9.63. The molecule has 2 N–H and O–H groups in total. The molecule has 5 nitrogen and oxygen atoms in total. The number of carbonyl (C=O) groups is 1. The number of hydrogen-bond acceptors (Lipinski definition) is 4. The number of hydrogen-bond donors (Lipinski definition) is 2. The van der Waals surface area contributed by atoms with E-state index in [1.807, 2.05) is 0 Å². The fraction of sp³-hybridized carbons (Fsp3) is 0.533. The van der Waals surface area contributed by atoms with Crippen molar-refractivity contribution in [2.24, 2.45) is 5.92 Å². The van der Waals surface area contributed by atoms with Crippen molar-refractivity contribution in [3.05, 3.63) is 18.2 Å². The van der Waals surface area contributed by atoms with Crippen molar-refractivity contribution in [3.8, 4) is 11.5 Å². The summed E-state index contributed by atoms with van der Waals surface area (Å²) in [5.74, 6) is 1.20. The molecule has 0 bridgehead atoms. The number of nitrogens with one attached hydrogen (secondary N) is 1. The number of benzene rings is 1. The Morgan fingerprint density at radius 1 is 1.15 bits per heavy atom. The summed E-state index contributed by atoms with van der Waals surface area (Å²) < 4.78 is 10.4. The number of anilines is 1. The summed E-state index contributed by atoms with van der Waals surface area (Å²) in [6.07, 6.45) is 2.62. The van der Waals surface area contributed by atoms with E-state index in [9.17, 15) is 9.90 Å². The van der Waals surface area contributed by atoms with Crippen molar-refractivity contribution in [3.63, 3.8) is 0 Å². The minimum atomic E-state index is -0.250. The van der Waals surface area contributed by atoms with E-state index in [4.69, 9.17) is 9.47 Å². The minimum Gasteiger partial charge on any atom is -0.493 e. The van der Waals surface area contributed by atoms with Crippen LogP contribution < -0.4 is 14.8 Å². The van der Waals surface area contributed by atoms with E-state index in [-0.39, 0.29) is 17.9 Å². The Morgan fingerprint density at radius 3 is 2.40 bits per heavy atom. The van der Waals surface area contributed by atoms with Gasteiger partial charge in [-0.25, -0.2) is 0 Å². The summed E-state index contributed by atoms with van der Waals surface area (Å²) in [7, 11) is 3.13. The second-order valence-electron chi connectivity index (χ2n) is 5.06. The molecule has 1 aliphatic carbocycles. The summed E-state index contributed by atoms with van der Waals surface area (Å²) >= 11 is 0. The zero-order valence-electron chi connectivity index (χ0n) is 11.9. The molecule has 0 saturated heterocycles. The van der Waals surface area contributed by atoms with Gasteiger partial charge in [-0.3, -0.25) is 4.79 Å². The van der Waals surface area contributed by atoms with Crippen molar-refractivity contribution < 1.29 is 19.4 Å². The van der Waals surface area contributed by atoms with Crippen molar-refractivity contribution in [2.45, 2.75) is 31.8 Å². The molecule has 0 unspecified atom stereocenters. The van der Waals surface area contributed by atoms with Crippen molar-refractivity contribution in [2.75, 3.05) is 19.5 Å². The lowest BCUT2D eigenvalue weighted by Crippen LogP contribution is -2.28. The van der Waals surface area contributed by atoms with Gasteiger partial charge in [-0.2, -0.15) is 0 Å². The molecule has 0 spiro atoms. The van der Waals surface area contributed by atoms with Gasteiger partial charge in [0, 0.05) is 17.7 Å². The van der Waals surface area contributed by atoms with Gasteiger partial charge in [-0.05, 0) is 37.8 Å². The number of ether oxygens (including phenoxy) is 2. The number of amides is 1. The number of methoxy groups -OCH3 is 2. The van der Waals surface area contributed by atoms with E-state index in [1.54, 1.807) is 32.4 Å². The molecule has 0 heterocycles. The summed E-state index contributed by atoms with van der Waals surface area (Å²) in [6, 6.07) is 5.30. The zero-order valence-corrected chi connectivity index (χ0v) is 11.9. The third-order valence-corrected chi connectivity index (χ3v) is 3.72. The van der Waals surface area contributed by atoms with Crippen LogP contribution in [0.4, 0.5) is 5.69 Å². The Balaban J connectivity index is 2.00. The number of rotatable bonds is 4. The van der Waals surface area contributed by atoms with Gasteiger partial charge < -0.3 is 19.9 Å². The van der Waals surface area contributed by atoms with Crippen LogP contribution >= 0.6 is 0 Å². The topological polar surface area (TPSA) is 67.8 Å². The first-order valence-electron chi connectivity index (χ1n) is 6.85. The van der Waals surface area contributed by atoms with Crippen LogP contribution in [0.25, 0.3) is 0 Å². The second-order valence-corrected chi connectivity index (χ2v) is 5.06. The summed E-state index contributed by atoms with van der Waals surface area (Å²) in [5.41, 5.74) is 0.693. The molecule has 1 fully saturated rings. The monoisotopic (exact) mass is 279 g/mol. The van der Waals surface area contributed by atoms with E-state index in [0.717, 1.165) is 12.8 Å². The molecule has 0 atom stereocenters. The smallest absolute Gasteiger partial charge is 0.227 e. The Bertz CT molecular complexity index is 467. The van der Waals surface area contributed by atoms with Crippen LogP contribution in [-0.4, -0.2) is 31.3 Å². The predicted molar refractivity (Wildman–Crippen MR) is 76.1 cm³/mol. The van der Waals surface area contributed by atoms with Crippen LogP contribution in [-0.2, 0) is 4.79 Å². The van der Waals surface area contributed by atoms with Gasteiger partial charge >= 0.3 is 0 Å². The lowest BCUT2D eigenvalue weighted by Gasteiger charge is -2.24. The first-order valence-corrected chi connectivity index (χ1v) is 6.85. The molecule has 0 aliphatic heterocycles. The van der Waals surface area contributed by atoms with Gasteiger partial charge in [-0.1, -0.05) is 0 Å². The van der Waals surface area contributed by atoms with E-state index in [2.05, 4.69) is 5.32 Å². The fourth-order valence-electron chi connectivity index (χ4n) is 2.50. The number of aliphatic hydroxyl groups is 1. The highest BCUT2D eigenvalue weighted by molar-refractivity contribution is 5.92.